The molecule has 82 valence electrons. The smallest absolute Gasteiger partial charge is 0.152 e. The number of ketones is 1. The molecule has 0 aliphatic carbocycles. The van der Waals surface area contributed by atoms with E-state index in [-0.39, 0.29) is 5.78 Å². The SMILES string of the molecule is CSc1cc(CCl)cc(C(Cl)C(C)=O)c1. The maximum atomic E-state index is 11.2. The number of carbonyl (C=O) groups excluding carboxylic acids is 1. The van der Waals surface area contributed by atoms with E-state index in [1.807, 2.05) is 24.5 Å². The fraction of sp³-hybridized carbons (Fsp3) is 0.364. The van der Waals surface area contributed by atoms with Gasteiger partial charge in [-0.15, -0.1) is 35.0 Å². The second-order valence-electron chi connectivity index (χ2n) is 3.22. The number of alkyl halides is 2. The summed E-state index contributed by atoms with van der Waals surface area (Å²) in [7, 11) is 0. The minimum Gasteiger partial charge on any atom is -0.298 e. The molecule has 0 aliphatic heterocycles. The van der Waals surface area contributed by atoms with Gasteiger partial charge >= 0.3 is 0 Å². The van der Waals surface area contributed by atoms with Crippen LogP contribution in [0, 0.1) is 0 Å². The largest absolute Gasteiger partial charge is 0.298 e. The summed E-state index contributed by atoms with van der Waals surface area (Å²) in [6.07, 6.45) is 1.98. The minimum atomic E-state index is -0.570. The number of rotatable bonds is 4. The quantitative estimate of drug-likeness (QED) is 0.603. The van der Waals surface area contributed by atoms with Crippen LogP contribution in [0.2, 0.25) is 0 Å². The van der Waals surface area contributed by atoms with Gasteiger partial charge < -0.3 is 0 Å². The Hall–Kier alpha value is -0.180. The summed E-state index contributed by atoms with van der Waals surface area (Å²) in [5.74, 6) is 0.388. The Balaban J connectivity index is 3.11. The van der Waals surface area contributed by atoms with Crippen LogP contribution in [0.25, 0.3) is 0 Å². The van der Waals surface area contributed by atoms with Crippen molar-refractivity contribution in [3.8, 4) is 0 Å². The number of thioether (sulfide) groups is 1. The zero-order chi connectivity index (χ0) is 11.4. The van der Waals surface area contributed by atoms with E-state index in [1.54, 1.807) is 11.8 Å². The molecular weight excluding hydrogens is 251 g/mol. The Bertz CT molecular complexity index is 343. The molecule has 0 bridgehead atoms. The number of halogens is 2. The summed E-state index contributed by atoms with van der Waals surface area (Å²) in [5, 5.41) is -0.570. The molecule has 0 amide bonds. The van der Waals surface area contributed by atoms with E-state index >= 15 is 0 Å². The first-order valence-corrected chi connectivity index (χ1v) is 6.66. The van der Waals surface area contributed by atoms with E-state index in [9.17, 15) is 4.79 Å². The van der Waals surface area contributed by atoms with Crippen LogP contribution < -0.4 is 0 Å². The van der Waals surface area contributed by atoms with Crippen LogP contribution in [-0.4, -0.2) is 12.0 Å². The first-order chi connectivity index (χ1) is 7.08. The molecule has 1 unspecified atom stereocenters. The molecule has 0 heterocycles. The van der Waals surface area contributed by atoms with Crippen LogP contribution in [0.1, 0.15) is 23.4 Å². The van der Waals surface area contributed by atoms with Crippen LogP contribution >= 0.6 is 35.0 Å². The van der Waals surface area contributed by atoms with Gasteiger partial charge in [0.25, 0.3) is 0 Å². The van der Waals surface area contributed by atoms with Crippen LogP contribution in [0.5, 0.6) is 0 Å². The fourth-order valence-corrected chi connectivity index (χ4v) is 2.07. The predicted molar refractivity (Wildman–Crippen MR) is 67.1 cm³/mol. The lowest BCUT2D eigenvalue weighted by atomic mass is 10.1. The first kappa shape index (κ1) is 12.9. The van der Waals surface area contributed by atoms with E-state index in [4.69, 9.17) is 23.2 Å². The lowest BCUT2D eigenvalue weighted by Crippen LogP contribution is -2.02. The monoisotopic (exact) mass is 262 g/mol. The average molecular weight is 263 g/mol. The van der Waals surface area contributed by atoms with Crippen molar-refractivity contribution < 1.29 is 4.79 Å². The summed E-state index contributed by atoms with van der Waals surface area (Å²) in [6, 6.07) is 5.82. The highest BCUT2D eigenvalue weighted by Crippen LogP contribution is 2.27. The predicted octanol–water partition coefficient (Wildman–Crippen LogP) is 4.02. The summed E-state index contributed by atoms with van der Waals surface area (Å²) < 4.78 is 0. The van der Waals surface area contributed by atoms with Crippen molar-refractivity contribution in [3.63, 3.8) is 0 Å². The van der Waals surface area contributed by atoms with Gasteiger partial charge in [-0.3, -0.25) is 4.79 Å². The van der Waals surface area contributed by atoms with Gasteiger partial charge in [-0.05, 0) is 36.4 Å². The van der Waals surface area contributed by atoms with Crippen molar-refractivity contribution in [2.75, 3.05) is 6.26 Å². The minimum absolute atomic E-state index is 0.0459. The molecule has 1 atom stereocenters. The maximum Gasteiger partial charge on any atom is 0.152 e. The van der Waals surface area contributed by atoms with Gasteiger partial charge in [0.1, 0.15) is 5.38 Å². The maximum absolute atomic E-state index is 11.2. The van der Waals surface area contributed by atoms with Crippen LogP contribution in [0.3, 0.4) is 0 Å². The van der Waals surface area contributed by atoms with E-state index in [2.05, 4.69) is 0 Å². The molecule has 0 saturated heterocycles. The number of hydrogen-bond acceptors (Lipinski definition) is 2. The molecule has 4 heteroatoms. The fourth-order valence-electron chi connectivity index (χ4n) is 1.26. The van der Waals surface area contributed by atoms with Crippen molar-refractivity contribution in [1.82, 2.24) is 0 Å². The molecule has 0 spiro atoms. The molecule has 1 aromatic carbocycles. The van der Waals surface area contributed by atoms with Gasteiger partial charge in [0.15, 0.2) is 5.78 Å². The third-order valence-corrected chi connectivity index (χ3v) is 3.60. The molecule has 0 N–H and O–H groups in total. The number of benzene rings is 1. The summed E-state index contributed by atoms with van der Waals surface area (Å²) in [5.41, 5.74) is 1.82. The Kier molecular flexibility index (Phi) is 4.97. The van der Waals surface area contributed by atoms with Crippen LogP contribution in [0.4, 0.5) is 0 Å². The third-order valence-electron chi connectivity index (χ3n) is 2.03. The van der Waals surface area contributed by atoms with E-state index < -0.39 is 5.38 Å². The number of carbonyl (C=O) groups is 1. The Morgan fingerprint density at radius 1 is 1.47 bits per heavy atom. The molecule has 0 aliphatic rings. The van der Waals surface area contributed by atoms with Crippen LogP contribution in [0.15, 0.2) is 23.1 Å². The molecule has 0 fully saturated rings. The third kappa shape index (κ3) is 3.40. The van der Waals surface area contributed by atoms with Gasteiger partial charge in [-0.25, -0.2) is 0 Å². The Labute approximate surface area is 104 Å². The van der Waals surface area contributed by atoms with Crippen molar-refractivity contribution in [2.24, 2.45) is 0 Å². The van der Waals surface area contributed by atoms with E-state index in [0.717, 1.165) is 16.0 Å². The highest BCUT2D eigenvalue weighted by Gasteiger charge is 2.14. The molecule has 1 nitrogen and oxygen atoms in total. The van der Waals surface area contributed by atoms with Crippen molar-refractivity contribution in [2.45, 2.75) is 23.1 Å². The average Bonchev–Trinajstić information content (AvgIpc) is 2.27. The second-order valence-corrected chi connectivity index (χ2v) is 4.80. The van der Waals surface area contributed by atoms with Gasteiger partial charge in [-0.2, -0.15) is 0 Å². The van der Waals surface area contributed by atoms with Crippen LogP contribution in [-0.2, 0) is 10.7 Å². The van der Waals surface area contributed by atoms with Crippen molar-refractivity contribution in [3.05, 3.63) is 29.3 Å². The molecule has 1 rings (SSSR count). The molecule has 1 aromatic rings. The lowest BCUT2D eigenvalue weighted by Gasteiger charge is -2.09. The summed E-state index contributed by atoms with van der Waals surface area (Å²) >= 11 is 13.4. The van der Waals surface area contributed by atoms with Gasteiger partial charge in [0.05, 0.1) is 0 Å². The number of Topliss-reactive ketones (excluding diaryl/α,β-unsaturated/α-hetero) is 1. The molecule has 15 heavy (non-hydrogen) atoms. The second kappa shape index (κ2) is 5.78. The lowest BCUT2D eigenvalue weighted by molar-refractivity contribution is -0.116. The Morgan fingerprint density at radius 2 is 2.13 bits per heavy atom. The van der Waals surface area contributed by atoms with Gasteiger partial charge in [0.2, 0.25) is 0 Å². The van der Waals surface area contributed by atoms with Gasteiger partial charge in [-0.1, -0.05) is 6.07 Å². The zero-order valence-electron chi connectivity index (χ0n) is 8.59. The van der Waals surface area contributed by atoms with E-state index in [1.165, 1.54) is 6.92 Å². The van der Waals surface area contributed by atoms with Crippen molar-refractivity contribution >= 4 is 40.7 Å². The zero-order valence-corrected chi connectivity index (χ0v) is 10.9. The molecular formula is C11H12Cl2OS. The number of hydrogen-bond donors (Lipinski definition) is 0. The van der Waals surface area contributed by atoms with E-state index in [0.29, 0.717) is 5.88 Å². The highest BCUT2D eigenvalue weighted by molar-refractivity contribution is 7.98. The summed E-state index contributed by atoms with van der Waals surface area (Å²) in [6.45, 7) is 1.49. The summed E-state index contributed by atoms with van der Waals surface area (Å²) in [4.78, 5) is 12.3. The normalized spacial score (nSPS) is 12.5. The molecule has 0 saturated carbocycles. The topological polar surface area (TPSA) is 17.1 Å². The van der Waals surface area contributed by atoms with Crippen molar-refractivity contribution in [1.29, 1.82) is 0 Å². The first-order valence-electron chi connectivity index (χ1n) is 4.46. The molecule has 0 aromatic heterocycles. The van der Waals surface area contributed by atoms with Gasteiger partial charge in [0, 0.05) is 10.8 Å². The highest BCUT2D eigenvalue weighted by atomic mass is 35.5. The standard InChI is InChI=1S/C11H12Cl2OS/c1-7(14)11(13)9-3-8(6-12)4-10(5-9)15-2/h3-5,11H,6H2,1-2H3. The Morgan fingerprint density at radius 3 is 2.60 bits per heavy atom. The molecule has 0 radical (unpaired) electrons.